The van der Waals surface area contributed by atoms with Crippen LogP contribution in [0.2, 0.25) is 0 Å². The van der Waals surface area contributed by atoms with E-state index in [1.165, 1.54) is 0 Å². The van der Waals surface area contributed by atoms with E-state index in [1.807, 2.05) is 49.4 Å². The summed E-state index contributed by atoms with van der Waals surface area (Å²) < 4.78 is 0. The zero-order valence-corrected chi connectivity index (χ0v) is 12.0. The fourth-order valence-electron chi connectivity index (χ4n) is 2.48. The molecule has 21 heavy (non-hydrogen) atoms. The number of carboxylic acids is 1. The maximum Gasteiger partial charge on any atom is 0.307 e. The molecule has 0 aliphatic heterocycles. The normalized spacial score (nSPS) is 12.0. The molecule has 1 atom stereocenters. The zero-order valence-electron chi connectivity index (χ0n) is 12.0. The molecule has 0 aromatic heterocycles. The van der Waals surface area contributed by atoms with Gasteiger partial charge < -0.3 is 10.4 Å². The summed E-state index contributed by atoms with van der Waals surface area (Å²) in [5, 5.41) is 14.1. The first-order chi connectivity index (χ1) is 10.1. The fourth-order valence-corrected chi connectivity index (χ4v) is 2.48. The highest BCUT2D eigenvalue weighted by molar-refractivity contribution is 5.87. The van der Waals surface area contributed by atoms with Crippen molar-refractivity contribution in [2.24, 2.45) is 5.92 Å². The van der Waals surface area contributed by atoms with Crippen LogP contribution < -0.4 is 5.32 Å². The number of nitrogens with one attached hydrogen (secondary N) is 1. The number of hydrogen-bond donors (Lipinski definition) is 2. The number of carboxylic acid groups (broad SMARTS) is 1. The minimum Gasteiger partial charge on any atom is -0.481 e. The van der Waals surface area contributed by atoms with Crippen LogP contribution in [-0.2, 0) is 16.0 Å². The average Bonchev–Trinajstić information content (AvgIpc) is 2.47. The van der Waals surface area contributed by atoms with Gasteiger partial charge in [0.25, 0.3) is 0 Å². The van der Waals surface area contributed by atoms with E-state index in [0.717, 1.165) is 16.3 Å². The molecule has 0 saturated heterocycles. The predicted octanol–water partition coefficient (Wildman–Crippen LogP) is 2.61. The number of fused-ring (bicyclic) bond motifs is 1. The third-order valence-corrected chi connectivity index (χ3v) is 3.50. The van der Waals surface area contributed by atoms with Crippen molar-refractivity contribution in [1.82, 2.24) is 5.32 Å². The van der Waals surface area contributed by atoms with Gasteiger partial charge >= 0.3 is 5.97 Å². The Morgan fingerprint density at radius 2 is 1.86 bits per heavy atom. The molecule has 0 spiro atoms. The Hall–Kier alpha value is -2.36. The topological polar surface area (TPSA) is 66.4 Å². The van der Waals surface area contributed by atoms with Crippen molar-refractivity contribution in [2.45, 2.75) is 19.8 Å². The number of carbonyl (C=O) groups is 2. The maximum atomic E-state index is 11.6. The number of benzene rings is 2. The van der Waals surface area contributed by atoms with Gasteiger partial charge in [0.15, 0.2) is 0 Å². The van der Waals surface area contributed by atoms with Crippen LogP contribution in [0.15, 0.2) is 42.5 Å². The third-order valence-electron chi connectivity index (χ3n) is 3.50. The monoisotopic (exact) mass is 285 g/mol. The van der Waals surface area contributed by atoms with Crippen molar-refractivity contribution >= 4 is 22.6 Å². The molecular formula is C17H19NO3. The van der Waals surface area contributed by atoms with Crippen molar-refractivity contribution < 1.29 is 14.7 Å². The SMILES string of the molecule is CCNC(=O)CC(Cc1cccc2ccccc12)C(=O)O. The second-order valence-corrected chi connectivity index (χ2v) is 5.04. The van der Waals surface area contributed by atoms with Crippen LogP contribution in [0.4, 0.5) is 0 Å². The van der Waals surface area contributed by atoms with Crippen molar-refractivity contribution in [1.29, 1.82) is 0 Å². The van der Waals surface area contributed by atoms with Crippen LogP contribution in [0.5, 0.6) is 0 Å². The summed E-state index contributed by atoms with van der Waals surface area (Å²) in [6.45, 7) is 2.33. The summed E-state index contributed by atoms with van der Waals surface area (Å²) in [5.74, 6) is -1.86. The van der Waals surface area contributed by atoms with Crippen LogP contribution in [0.25, 0.3) is 10.8 Å². The smallest absolute Gasteiger partial charge is 0.307 e. The first kappa shape index (κ1) is 15.0. The average molecular weight is 285 g/mol. The zero-order chi connectivity index (χ0) is 15.2. The van der Waals surface area contributed by atoms with Crippen molar-refractivity contribution in [3.8, 4) is 0 Å². The Bertz CT molecular complexity index is 646. The van der Waals surface area contributed by atoms with Gasteiger partial charge in [0, 0.05) is 13.0 Å². The minimum atomic E-state index is -0.936. The van der Waals surface area contributed by atoms with Crippen LogP contribution >= 0.6 is 0 Å². The lowest BCUT2D eigenvalue weighted by molar-refractivity contribution is -0.144. The Morgan fingerprint density at radius 1 is 1.14 bits per heavy atom. The molecule has 2 aromatic carbocycles. The Kier molecular flexibility index (Phi) is 4.93. The van der Waals surface area contributed by atoms with E-state index in [-0.39, 0.29) is 12.3 Å². The van der Waals surface area contributed by atoms with Crippen molar-refractivity contribution in [3.63, 3.8) is 0 Å². The molecule has 0 saturated carbocycles. The summed E-state index contributed by atoms with van der Waals surface area (Å²) in [6, 6.07) is 13.7. The lowest BCUT2D eigenvalue weighted by Crippen LogP contribution is -2.29. The molecule has 2 rings (SSSR count). The number of amides is 1. The molecule has 110 valence electrons. The number of carbonyl (C=O) groups excluding carboxylic acids is 1. The number of rotatable bonds is 6. The Labute approximate surface area is 123 Å². The van der Waals surface area contributed by atoms with Gasteiger partial charge in [-0.05, 0) is 29.7 Å². The molecule has 0 aliphatic carbocycles. The molecule has 1 unspecified atom stereocenters. The number of hydrogen-bond acceptors (Lipinski definition) is 2. The van der Waals surface area contributed by atoms with Gasteiger partial charge in [-0.25, -0.2) is 0 Å². The van der Waals surface area contributed by atoms with E-state index in [4.69, 9.17) is 0 Å². The van der Waals surface area contributed by atoms with E-state index in [2.05, 4.69) is 5.32 Å². The molecule has 0 aliphatic rings. The van der Waals surface area contributed by atoms with Crippen LogP contribution in [0, 0.1) is 5.92 Å². The Morgan fingerprint density at radius 3 is 2.57 bits per heavy atom. The van der Waals surface area contributed by atoms with Crippen LogP contribution in [0.3, 0.4) is 0 Å². The number of aliphatic carboxylic acids is 1. The molecule has 0 bridgehead atoms. The van der Waals surface area contributed by atoms with E-state index >= 15 is 0 Å². The Balaban J connectivity index is 2.23. The van der Waals surface area contributed by atoms with Crippen molar-refractivity contribution in [2.75, 3.05) is 6.54 Å². The van der Waals surface area contributed by atoms with Crippen LogP contribution in [-0.4, -0.2) is 23.5 Å². The van der Waals surface area contributed by atoms with Gasteiger partial charge in [0.05, 0.1) is 5.92 Å². The summed E-state index contributed by atoms with van der Waals surface area (Å²) in [5.41, 5.74) is 0.963. The quantitative estimate of drug-likeness (QED) is 0.857. The standard InChI is InChI=1S/C17H19NO3/c1-2-18-16(19)11-14(17(20)21)10-13-8-5-7-12-6-3-4-9-15(12)13/h3-9,14H,2,10-11H2,1H3,(H,18,19)(H,20,21). The van der Waals surface area contributed by atoms with E-state index in [9.17, 15) is 14.7 Å². The highest BCUT2D eigenvalue weighted by Gasteiger charge is 2.22. The highest BCUT2D eigenvalue weighted by atomic mass is 16.4. The summed E-state index contributed by atoms with van der Waals surface area (Å²) in [4.78, 5) is 23.0. The maximum absolute atomic E-state index is 11.6. The molecule has 4 heteroatoms. The molecule has 0 heterocycles. The molecule has 0 radical (unpaired) electrons. The lowest BCUT2D eigenvalue weighted by Gasteiger charge is -2.13. The predicted molar refractivity (Wildman–Crippen MR) is 82.1 cm³/mol. The van der Waals surface area contributed by atoms with E-state index in [0.29, 0.717) is 13.0 Å². The molecule has 2 aromatic rings. The summed E-state index contributed by atoms with van der Waals surface area (Å²) in [6.07, 6.45) is 0.361. The van der Waals surface area contributed by atoms with Gasteiger partial charge in [0.2, 0.25) is 5.91 Å². The van der Waals surface area contributed by atoms with Crippen molar-refractivity contribution in [3.05, 3.63) is 48.0 Å². The summed E-state index contributed by atoms with van der Waals surface area (Å²) >= 11 is 0. The first-order valence-electron chi connectivity index (χ1n) is 7.08. The largest absolute Gasteiger partial charge is 0.481 e. The molecule has 4 nitrogen and oxygen atoms in total. The lowest BCUT2D eigenvalue weighted by atomic mass is 9.92. The summed E-state index contributed by atoms with van der Waals surface area (Å²) in [7, 11) is 0. The second kappa shape index (κ2) is 6.88. The highest BCUT2D eigenvalue weighted by Crippen LogP contribution is 2.22. The fraction of sp³-hybridized carbons (Fsp3) is 0.294. The molecule has 2 N–H and O–H groups in total. The molecular weight excluding hydrogens is 266 g/mol. The first-order valence-corrected chi connectivity index (χ1v) is 7.08. The molecule has 1 amide bonds. The second-order valence-electron chi connectivity index (χ2n) is 5.04. The van der Waals surface area contributed by atoms with Gasteiger partial charge in [0.1, 0.15) is 0 Å². The van der Waals surface area contributed by atoms with Crippen LogP contribution in [0.1, 0.15) is 18.9 Å². The minimum absolute atomic E-state index is 0.00634. The van der Waals surface area contributed by atoms with Gasteiger partial charge in [-0.1, -0.05) is 42.5 Å². The van der Waals surface area contributed by atoms with E-state index < -0.39 is 11.9 Å². The third kappa shape index (κ3) is 3.81. The van der Waals surface area contributed by atoms with Gasteiger partial charge in [-0.15, -0.1) is 0 Å². The molecule has 0 fully saturated rings. The van der Waals surface area contributed by atoms with Gasteiger partial charge in [-0.3, -0.25) is 9.59 Å². The van der Waals surface area contributed by atoms with E-state index in [1.54, 1.807) is 0 Å². The van der Waals surface area contributed by atoms with Gasteiger partial charge in [-0.2, -0.15) is 0 Å².